The lowest BCUT2D eigenvalue weighted by Crippen LogP contribution is -2.53. The van der Waals surface area contributed by atoms with Crippen molar-refractivity contribution in [1.29, 1.82) is 0 Å². The maximum Gasteiger partial charge on any atom is 0.160 e. The van der Waals surface area contributed by atoms with Gasteiger partial charge in [0.25, 0.3) is 0 Å². The van der Waals surface area contributed by atoms with Gasteiger partial charge >= 0.3 is 0 Å². The fraction of sp³-hybridized carbons (Fsp3) is 0.643. The van der Waals surface area contributed by atoms with Crippen LogP contribution in [0.25, 0.3) is 0 Å². The van der Waals surface area contributed by atoms with Crippen LogP contribution >= 0.6 is 11.3 Å². The number of rotatable bonds is 2. The van der Waals surface area contributed by atoms with Crippen molar-refractivity contribution in [1.82, 2.24) is 0 Å². The van der Waals surface area contributed by atoms with Crippen LogP contribution in [0.5, 0.6) is 0 Å². The highest BCUT2D eigenvalue weighted by Crippen LogP contribution is 2.41. The largest absolute Gasteiger partial charge is 0.389 e. The van der Waals surface area contributed by atoms with E-state index in [-0.39, 0.29) is 0 Å². The van der Waals surface area contributed by atoms with Crippen molar-refractivity contribution in [3.8, 4) is 0 Å². The standard InChI is InChI=1S/C14H19NO2S/c16-10-12-4-5-13(18-12)15-8-7-14(17)6-2-1-3-11(14)9-15/h4-5,10-11,17H,1-3,6-9H2. The molecule has 3 rings (SSSR count). The molecule has 0 radical (unpaired) electrons. The van der Waals surface area contributed by atoms with Gasteiger partial charge in [0.2, 0.25) is 0 Å². The first-order valence-electron chi connectivity index (χ1n) is 6.74. The second-order valence-electron chi connectivity index (χ2n) is 5.54. The van der Waals surface area contributed by atoms with Gasteiger partial charge in [0.1, 0.15) is 0 Å². The molecule has 2 aliphatic rings. The Hall–Kier alpha value is -0.870. The van der Waals surface area contributed by atoms with Crippen LogP contribution in [0.3, 0.4) is 0 Å². The minimum absolute atomic E-state index is 0.404. The summed E-state index contributed by atoms with van der Waals surface area (Å²) in [6.07, 6.45) is 6.29. The Bertz CT molecular complexity index is 445. The number of anilines is 1. The topological polar surface area (TPSA) is 40.5 Å². The van der Waals surface area contributed by atoms with E-state index in [9.17, 15) is 9.90 Å². The molecule has 0 amide bonds. The van der Waals surface area contributed by atoms with Gasteiger partial charge in [0, 0.05) is 19.0 Å². The lowest BCUT2D eigenvalue weighted by atomic mass is 9.71. The number of carbonyl (C=O) groups is 1. The molecule has 3 nitrogen and oxygen atoms in total. The van der Waals surface area contributed by atoms with Crippen LogP contribution in [0.4, 0.5) is 5.00 Å². The second-order valence-corrected chi connectivity index (χ2v) is 6.63. The van der Waals surface area contributed by atoms with E-state index in [0.717, 1.165) is 43.5 Å². The van der Waals surface area contributed by atoms with Crippen molar-refractivity contribution in [3.63, 3.8) is 0 Å². The van der Waals surface area contributed by atoms with E-state index in [4.69, 9.17) is 0 Å². The van der Waals surface area contributed by atoms with E-state index in [1.54, 1.807) is 11.3 Å². The molecule has 1 saturated heterocycles. The Kier molecular flexibility index (Phi) is 3.16. The number of thiophene rings is 1. The highest BCUT2D eigenvalue weighted by molar-refractivity contribution is 7.17. The third-order valence-electron chi connectivity index (χ3n) is 4.47. The zero-order valence-corrected chi connectivity index (χ0v) is 11.3. The second kappa shape index (κ2) is 4.67. The number of aliphatic hydroxyl groups is 1. The fourth-order valence-corrected chi connectivity index (χ4v) is 4.20. The Morgan fingerprint density at radius 2 is 2.28 bits per heavy atom. The summed E-state index contributed by atoms with van der Waals surface area (Å²) in [4.78, 5) is 13.9. The minimum atomic E-state index is -0.417. The number of hydrogen-bond donors (Lipinski definition) is 1. The van der Waals surface area contributed by atoms with Crippen LogP contribution in [-0.4, -0.2) is 30.1 Å². The molecule has 2 atom stereocenters. The van der Waals surface area contributed by atoms with E-state index in [1.165, 1.54) is 17.8 Å². The van der Waals surface area contributed by atoms with Crippen LogP contribution in [0.15, 0.2) is 12.1 Å². The first-order valence-corrected chi connectivity index (χ1v) is 7.55. The van der Waals surface area contributed by atoms with Gasteiger partial charge in [-0.2, -0.15) is 0 Å². The lowest BCUT2D eigenvalue weighted by molar-refractivity contribution is -0.0611. The molecule has 0 aromatic carbocycles. The van der Waals surface area contributed by atoms with Crippen molar-refractivity contribution in [2.24, 2.45) is 5.92 Å². The summed E-state index contributed by atoms with van der Waals surface area (Å²) in [5.74, 6) is 0.404. The molecule has 1 saturated carbocycles. The summed E-state index contributed by atoms with van der Waals surface area (Å²) in [5.41, 5.74) is -0.417. The van der Waals surface area contributed by atoms with Gasteiger partial charge in [-0.05, 0) is 31.4 Å². The molecular formula is C14H19NO2S. The number of nitrogens with zero attached hydrogens (tertiary/aromatic N) is 1. The first kappa shape index (κ1) is 12.2. The van der Waals surface area contributed by atoms with Crippen LogP contribution in [0.2, 0.25) is 0 Å². The summed E-state index contributed by atoms with van der Waals surface area (Å²) in [6, 6.07) is 3.91. The molecule has 1 aromatic rings. The Morgan fingerprint density at radius 3 is 3.06 bits per heavy atom. The summed E-state index contributed by atoms with van der Waals surface area (Å²) in [6.45, 7) is 1.85. The van der Waals surface area contributed by atoms with Gasteiger partial charge < -0.3 is 10.0 Å². The molecule has 0 bridgehead atoms. The van der Waals surface area contributed by atoms with E-state index in [0.29, 0.717) is 5.92 Å². The molecule has 1 N–H and O–H groups in total. The van der Waals surface area contributed by atoms with Gasteiger partial charge in [0.05, 0.1) is 15.5 Å². The maximum atomic E-state index is 10.7. The smallest absolute Gasteiger partial charge is 0.160 e. The highest BCUT2D eigenvalue weighted by atomic mass is 32.1. The number of hydrogen-bond acceptors (Lipinski definition) is 4. The Morgan fingerprint density at radius 1 is 1.39 bits per heavy atom. The normalized spacial score (nSPS) is 32.1. The van der Waals surface area contributed by atoms with Crippen molar-refractivity contribution >= 4 is 22.6 Å². The third kappa shape index (κ3) is 2.08. The SMILES string of the molecule is O=Cc1ccc(N2CCC3(O)CCCCC3C2)s1. The zero-order valence-electron chi connectivity index (χ0n) is 10.5. The Balaban J connectivity index is 1.75. The molecule has 1 aromatic heterocycles. The molecule has 98 valence electrons. The van der Waals surface area contributed by atoms with Crippen molar-refractivity contribution in [3.05, 3.63) is 17.0 Å². The van der Waals surface area contributed by atoms with Gasteiger partial charge in [-0.3, -0.25) is 4.79 Å². The van der Waals surface area contributed by atoms with E-state index >= 15 is 0 Å². The van der Waals surface area contributed by atoms with E-state index < -0.39 is 5.60 Å². The van der Waals surface area contributed by atoms with Gasteiger partial charge in [-0.15, -0.1) is 11.3 Å². The number of carbonyl (C=O) groups excluding carboxylic acids is 1. The molecule has 2 fully saturated rings. The van der Waals surface area contributed by atoms with Crippen LogP contribution in [-0.2, 0) is 0 Å². The average molecular weight is 265 g/mol. The van der Waals surface area contributed by atoms with E-state index in [2.05, 4.69) is 4.90 Å². The summed E-state index contributed by atoms with van der Waals surface area (Å²) >= 11 is 1.55. The van der Waals surface area contributed by atoms with Crippen LogP contribution in [0.1, 0.15) is 41.8 Å². The third-order valence-corrected chi connectivity index (χ3v) is 5.54. The highest BCUT2D eigenvalue weighted by Gasteiger charge is 2.42. The monoisotopic (exact) mass is 265 g/mol. The fourth-order valence-electron chi connectivity index (χ4n) is 3.35. The molecular weight excluding hydrogens is 246 g/mol. The van der Waals surface area contributed by atoms with Crippen molar-refractivity contribution < 1.29 is 9.90 Å². The molecule has 2 heterocycles. The van der Waals surface area contributed by atoms with Crippen LogP contribution < -0.4 is 4.90 Å². The molecule has 2 unspecified atom stereocenters. The maximum absolute atomic E-state index is 10.7. The van der Waals surface area contributed by atoms with Crippen molar-refractivity contribution in [2.45, 2.75) is 37.7 Å². The van der Waals surface area contributed by atoms with Crippen LogP contribution in [0, 0.1) is 5.92 Å². The number of piperidine rings is 1. The van der Waals surface area contributed by atoms with Gasteiger partial charge in [-0.25, -0.2) is 0 Å². The lowest BCUT2D eigenvalue weighted by Gasteiger charge is -2.47. The van der Waals surface area contributed by atoms with Gasteiger partial charge in [-0.1, -0.05) is 12.8 Å². The molecule has 1 aliphatic carbocycles. The zero-order chi connectivity index (χ0) is 12.6. The van der Waals surface area contributed by atoms with Crippen molar-refractivity contribution in [2.75, 3.05) is 18.0 Å². The summed E-state index contributed by atoms with van der Waals surface area (Å²) in [5, 5.41) is 11.8. The molecule has 18 heavy (non-hydrogen) atoms. The van der Waals surface area contributed by atoms with Gasteiger partial charge in [0.15, 0.2) is 6.29 Å². The quantitative estimate of drug-likeness (QED) is 0.836. The molecule has 0 spiro atoms. The molecule has 4 heteroatoms. The number of aldehydes is 1. The average Bonchev–Trinajstić information content (AvgIpc) is 2.86. The Labute approximate surface area is 111 Å². The molecule has 1 aliphatic heterocycles. The predicted octanol–water partition coefficient (Wildman–Crippen LogP) is 2.69. The van der Waals surface area contributed by atoms with E-state index in [1.807, 2.05) is 12.1 Å². The summed E-state index contributed by atoms with van der Waals surface area (Å²) < 4.78 is 0. The minimum Gasteiger partial charge on any atom is -0.389 e. The summed E-state index contributed by atoms with van der Waals surface area (Å²) in [7, 11) is 0. The predicted molar refractivity (Wildman–Crippen MR) is 73.4 cm³/mol. The number of fused-ring (bicyclic) bond motifs is 1. The first-order chi connectivity index (χ1) is 8.71.